The molecule has 1 aliphatic carbocycles. The Labute approximate surface area is 216 Å². The number of ether oxygens (including phenoxy) is 2. The van der Waals surface area contributed by atoms with Crippen molar-refractivity contribution in [1.82, 2.24) is 0 Å². The van der Waals surface area contributed by atoms with E-state index in [1.807, 2.05) is 23.9 Å². The highest BCUT2D eigenvalue weighted by molar-refractivity contribution is 8.00. The summed E-state index contributed by atoms with van der Waals surface area (Å²) in [5, 5.41) is 3.70. The lowest BCUT2D eigenvalue weighted by Crippen LogP contribution is -2.31. The monoisotopic (exact) mass is 520 g/mol. The summed E-state index contributed by atoms with van der Waals surface area (Å²) >= 11 is 1.91. The second-order valence-corrected chi connectivity index (χ2v) is 12.2. The molecule has 186 valence electrons. The number of fused-ring (bicyclic) bond motifs is 3. The zero-order chi connectivity index (χ0) is 24.7. The molecule has 3 aromatic carbocycles. The number of thioether (sulfide) groups is 1. The van der Waals surface area contributed by atoms with Crippen molar-refractivity contribution in [2.75, 3.05) is 28.7 Å². The minimum atomic E-state index is -3.73. The second-order valence-electron chi connectivity index (χ2n) is 9.40. The first-order valence-corrected chi connectivity index (χ1v) is 14.7. The fraction of sp³-hybridized carbons (Fsp3) is 0.286. The van der Waals surface area contributed by atoms with Gasteiger partial charge in [-0.05, 0) is 78.1 Å². The van der Waals surface area contributed by atoms with E-state index in [0.29, 0.717) is 23.5 Å². The molecule has 1 fully saturated rings. The largest absolute Gasteiger partial charge is 0.497 e. The van der Waals surface area contributed by atoms with Crippen LogP contribution in [0.25, 0.3) is 0 Å². The number of rotatable bonds is 7. The fourth-order valence-electron chi connectivity index (χ4n) is 5.17. The van der Waals surface area contributed by atoms with Crippen LogP contribution in [0, 0.1) is 5.92 Å². The van der Waals surface area contributed by atoms with Gasteiger partial charge < -0.3 is 14.8 Å². The van der Waals surface area contributed by atoms with Crippen LogP contribution in [0.3, 0.4) is 0 Å². The van der Waals surface area contributed by atoms with Crippen molar-refractivity contribution in [3.63, 3.8) is 0 Å². The minimum absolute atomic E-state index is 0.144. The van der Waals surface area contributed by atoms with Gasteiger partial charge in [0.15, 0.2) is 0 Å². The highest BCUT2D eigenvalue weighted by atomic mass is 32.2. The summed E-state index contributed by atoms with van der Waals surface area (Å²) in [6.07, 6.45) is 5.70. The number of sulfonamides is 1. The van der Waals surface area contributed by atoms with Crippen LogP contribution in [0.15, 0.2) is 83.8 Å². The van der Waals surface area contributed by atoms with E-state index in [2.05, 4.69) is 46.5 Å². The minimum Gasteiger partial charge on any atom is -0.497 e. The lowest BCUT2D eigenvalue weighted by molar-refractivity contribution is 0.240. The molecule has 3 aromatic rings. The van der Waals surface area contributed by atoms with Gasteiger partial charge in [0.25, 0.3) is 10.0 Å². The standard InChI is InChI=1S/C28H28N2O4S2/c1-33-20-11-7-19(8-12-20)30-36(31,32)23-13-14-27-26(15-23)24-3-2-4-25(24)28(29-27)18-5-9-21(10-6-18)34-22-16-35-17-22/h2-3,5-15,22,24-25,28-30H,4,16-17H2,1H3/t24-,25+,28+/m0/s1. The van der Waals surface area contributed by atoms with Crippen molar-refractivity contribution in [2.45, 2.75) is 29.4 Å². The zero-order valence-electron chi connectivity index (χ0n) is 19.9. The number of allylic oxidation sites excluding steroid dienone is 2. The first-order valence-electron chi connectivity index (χ1n) is 12.1. The van der Waals surface area contributed by atoms with Gasteiger partial charge in [-0.25, -0.2) is 8.42 Å². The van der Waals surface area contributed by atoms with Gasteiger partial charge in [-0.2, -0.15) is 11.8 Å². The molecule has 2 N–H and O–H groups in total. The molecule has 0 amide bonds. The van der Waals surface area contributed by atoms with Gasteiger partial charge in [0.1, 0.15) is 17.6 Å². The van der Waals surface area contributed by atoms with Gasteiger partial charge in [-0.3, -0.25) is 4.72 Å². The Morgan fingerprint density at radius 3 is 2.42 bits per heavy atom. The Balaban J connectivity index is 1.24. The van der Waals surface area contributed by atoms with Gasteiger partial charge in [-0.15, -0.1) is 0 Å². The second kappa shape index (κ2) is 9.41. The van der Waals surface area contributed by atoms with Crippen molar-refractivity contribution in [3.05, 3.63) is 90.0 Å². The summed E-state index contributed by atoms with van der Waals surface area (Å²) in [6.45, 7) is 0. The maximum absolute atomic E-state index is 13.2. The highest BCUT2D eigenvalue weighted by Gasteiger charge is 2.38. The van der Waals surface area contributed by atoms with Crippen molar-refractivity contribution < 1.29 is 17.9 Å². The Kier molecular flexibility index (Phi) is 6.09. The molecule has 6 rings (SSSR count). The molecule has 8 heteroatoms. The Bertz CT molecular complexity index is 1380. The SMILES string of the molecule is COc1ccc(NS(=O)(=O)c2ccc3c(c2)[C@H]2C=CC[C@H]2[C@@H](c2ccc(OC4CSC4)cc2)N3)cc1. The van der Waals surface area contributed by atoms with Crippen LogP contribution in [-0.2, 0) is 10.0 Å². The Morgan fingerprint density at radius 2 is 1.72 bits per heavy atom. The molecular formula is C28H28N2O4S2. The number of methoxy groups -OCH3 is 1. The number of anilines is 2. The topological polar surface area (TPSA) is 76.7 Å². The van der Waals surface area contributed by atoms with Crippen molar-refractivity contribution in [1.29, 1.82) is 0 Å². The first kappa shape index (κ1) is 23.3. The van der Waals surface area contributed by atoms with E-state index in [1.165, 1.54) is 5.56 Å². The van der Waals surface area contributed by atoms with Crippen LogP contribution in [0.4, 0.5) is 11.4 Å². The zero-order valence-corrected chi connectivity index (χ0v) is 21.5. The summed E-state index contributed by atoms with van der Waals surface area (Å²) in [7, 11) is -2.15. The van der Waals surface area contributed by atoms with Gasteiger partial charge in [0, 0.05) is 28.8 Å². The van der Waals surface area contributed by atoms with Crippen LogP contribution < -0.4 is 19.5 Å². The van der Waals surface area contributed by atoms with Gasteiger partial charge in [-0.1, -0.05) is 24.3 Å². The van der Waals surface area contributed by atoms with Crippen LogP contribution in [-0.4, -0.2) is 33.1 Å². The summed E-state index contributed by atoms with van der Waals surface area (Å²) in [5.41, 5.74) is 3.70. The van der Waals surface area contributed by atoms with Crippen LogP contribution in [0.5, 0.6) is 11.5 Å². The summed E-state index contributed by atoms with van der Waals surface area (Å²) in [5.74, 6) is 4.19. The maximum atomic E-state index is 13.2. The average Bonchev–Trinajstić information content (AvgIpc) is 3.37. The van der Waals surface area contributed by atoms with Crippen LogP contribution in [0.1, 0.15) is 29.5 Å². The van der Waals surface area contributed by atoms with E-state index < -0.39 is 10.0 Å². The molecule has 6 nitrogen and oxygen atoms in total. The molecule has 3 atom stereocenters. The third-order valence-corrected chi connectivity index (χ3v) is 9.73. The molecule has 3 aliphatic rings. The van der Waals surface area contributed by atoms with Crippen molar-refractivity contribution >= 4 is 33.2 Å². The van der Waals surface area contributed by atoms with Gasteiger partial charge >= 0.3 is 0 Å². The molecule has 1 saturated heterocycles. The molecular weight excluding hydrogens is 492 g/mol. The highest BCUT2D eigenvalue weighted by Crippen LogP contribution is 2.50. The Morgan fingerprint density at radius 1 is 0.972 bits per heavy atom. The first-order chi connectivity index (χ1) is 17.5. The third kappa shape index (κ3) is 4.44. The van der Waals surface area contributed by atoms with E-state index in [4.69, 9.17) is 9.47 Å². The number of hydrogen-bond donors (Lipinski definition) is 2. The summed E-state index contributed by atoms with van der Waals surface area (Å²) < 4.78 is 40.2. The number of hydrogen-bond acceptors (Lipinski definition) is 6. The fourth-order valence-corrected chi connectivity index (χ4v) is 6.83. The molecule has 2 aliphatic heterocycles. The quantitative estimate of drug-likeness (QED) is 0.383. The van der Waals surface area contributed by atoms with E-state index >= 15 is 0 Å². The molecule has 0 spiro atoms. The normalized spacial score (nSPS) is 22.6. The summed E-state index contributed by atoms with van der Waals surface area (Å²) in [4.78, 5) is 0.257. The van der Waals surface area contributed by atoms with Crippen molar-refractivity contribution in [3.8, 4) is 11.5 Å². The average molecular weight is 521 g/mol. The number of nitrogens with one attached hydrogen (secondary N) is 2. The van der Waals surface area contributed by atoms with E-state index in [-0.39, 0.29) is 16.9 Å². The predicted octanol–water partition coefficient (Wildman–Crippen LogP) is 5.82. The van der Waals surface area contributed by atoms with Crippen LogP contribution in [0.2, 0.25) is 0 Å². The number of benzene rings is 3. The van der Waals surface area contributed by atoms with Gasteiger partial charge in [0.05, 0.1) is 18.0 Å². The molecule has 2 heterocycles. The van der Waals surface area contributed by atoms with E-state index in [0.717, 1.165) is 34.9 Å². The van der Waals surface area contributed by atoms with Crippen LogP contribution >= 0.6 is 11.8 Å². The van der Waals surface area contributed by atoms with Crippen molar-refractivity contribution in [2.24, 2.45) is 5.92 Å². The maximum Gasteiger partial charge on any atom is 0.261 e. The molecule has 0 saturated carbocycles. The smallest absolute Gasteiger partial charge is 0.261 e. The molecule has 0 unspecified atom stereocenters. The van der Waals surface area contributed by atoms with Gasteiger partial charge in [0.2, 0.25) is 0 Å². The molecule has 0 radical (unpaired) electrons. The third-order valence-electron chi connectivity index (χ3n) is 7.14. The lowest BCUT2D eigenvalue weighted by atomic mass is 9.77. The Hall–Kier alpha value is -3.10. The molecule has 0 aromatic heterocycles. The van der Waals surface area contributed by atoms with E-state index in [9.17, 15) is 8.42 Å². The predicted molar refractivity (Wildman–Crippen MR) is 145 cm³/mol. The molecule has 36 heavy (non-hydrogen) atoms. The lowest BCUT2D eigenvalue weighted by Gasteiger charge is -2.37. The van der Waals surface area contributed by atoms with E-state index in [1.54, 1.807) is 37.4 Å². The summed E-state index contributed by atoms with van der Waals surface area (Å²) in [6, 6.07) is 20.8. The molecule has 0 bridgehead atoms.